The fourth-order valence-electron chi connectivity index (χ4n) is 1.19. The van der Waals surface area contributed by atoms with Gasteiger partial charge >= 0.3 is 0 Å². The van der Waals surface area contributed by atoms with Gasteiger partial charge in [0.05, 0.1) is 12.4 Å². The van der Waals surface area contributed by atoms with Crippen LogP contribution in [0.5, 0.6) is 0 Å². The van der Waals surface area contributed by atoms with E-state index >= 15 is 0 Å². The molecule has 0 saturated heterocycles. The third kappa shape index (κ3) is 5.43. The van der Waals surface area contributed by atoms with Crippen molar-refractivity contribution in [1.82, 2.24) is 0 Å². The van der Waals surface area contributed by atoms with Gasteiger partial charge in [-0.25, -0.2) is 0 Å². The zero-order valence-corrected chi connectivity index (χ0v) is 10.5. The Kier molecular flexibility index (Phi) is 6.23. The van der Waals surface area contributed by atoms with Crippen molar-refractivity contribution in [3.05, 3.63) is 29.8 Å². The van der Waals surface area contributed by atoms with Crippen LogP contribution in [0.4, 0.5) is 5.69 Å². The van der Waals surface area contributed by atoms with Gasteiger partial charge in [0.25, 0.3) is 0 Å². The van der Waals surface area contributed by atoms with Crippen LogP contribution in [0.1, 0.15) is 5.56 Å². The zero-order valence-electron chi connectivity index (χ0n) is 9.73. The minimum absolute atomic E-state index is 0.0275. The van der Waals surface area contributed by atoms with Gasteiger partial charge in [-0.15, -0.1) is 18.2 Å². The molecule has 0 aliphatic rings. The summed E-state index contributed by atoms with van der Waals surface area (Å²) in [6.45, 7) is 0.657. The molecule has 0 atom stereocenters. The van der Waals surface area contributed by atoms with E-state index in [0.29, 0.717) is 12.4 Å². The summed E-state index contributed by atoms with van der Waals surface area (Å²) in [5, 5.41) is 2.80. The van der Waals surface area contributed by atoms with Gasteiger partial charge < -0.3 is 10.1 Å². The molecule has 0 aromatic heterocycles. The van der Waals surface area contributed by atoms with E-state index in [9.17, 15) is 4.79 Å². The van der Waals surface area contributed by atoms with E-state index in [1.807, 2.05) is 18.2 Å². The highest BCUT2D eigenvalue weighted by atomic mass is 32.2. The smallest absolute Gasteiger partial charge is 0.234 e. The first-order valence-electron chi connectivity index (χ1n) is 5.19. The normalized spacial score (nSPS) is 9.65. The van der Waals surface area contributed by atoms with E-state index in [2.05, 4.69) is 11.2 Å². The van der Waals surface area contributed by atoms with Crippen LogP contribution in [-0.4, -0.2) is 31.1 Å². The summed E-state index contributed by atoms with van der Waals surface area (Å²) < 4.78 is 4.90. The molecule has 90 valence electrons. The standard InChI is InChI=1S/C13H15NO2S/c1-3-11-5-4-6-12(9-11)14-13(15)10-17-8-7-16-2/h1,4-6,9H,7-8,10H2,2H3,(H,14,15). The number of thioether (sulfide) groups is 1. The molecule has 0 unspecified atom stereocenters. The molecule has 0 spiro atoms. The SMILES string of the molecule is C#Cc1cccc(NC(=O)CSCCOC)c1. The largest absolute Gasteiger partial charge is 0.384 e. The highest BCUT2D eigenvalue weighted by molar-refractivity contribution is 7.99. The van der Waals surface area contributed by atoms with Crippen molar-refractivity contribution in [2.75, 3.05) is 30.5 Å². The molecule has 0 heterocycles. The fourth-order valence-corrected chi connectivity index (χ4v) is 1.88. The first kappa shape index (κ1) is 13.6. The topological polar surface area (TPSA) is 38.3 Å². The van der Waals surface area contributed by atoms with E-state index in [1.165, 1.54) is 11.8 Å². The number of hydrogen-bond acceptors (Lipinski definition) is 3. The lowest BCUT2D eigenvalue weighted by molar-refractivity contribution is -0.113. The molecule has 0 aliphatic carbocycles. The molecule has 1 amide bonds. The van der Waals surface area contributed by atoms with Gasteiger partial charge in [0.15, 0.2) is 0 Å². The van der Waals surface area contributed by atoms with Gasteiger partial charge in [-0.1, -0.05) is 12.0 Å². The maximum Gasteiger partial charge on any atom is 0.234 e. The van der Waals surface area contributed by atoms with Crippen LogP contribution in [0.25, 0.3) is 0 Å². The van der Waals surface area contributed by atoms with Gasteiger partial charge in [-0.05, 0) is 18.2 Å². The van der Waals surface area contributed by atoms with Crippen molar-refractivity contribution in [1.29, 1.82) is 0 Å². The van der Waals surface area contributed by atoms with Crippen LogP contribution < -0.4 is 5.32 Å². The lowest BCUT2D eigenvalue weighted by atomic mass is 10.2. The van der Waals surface area contributed by atoms with Crippen molar-refractivity contribution in [3.63, 3.8) is 0 Å². The number of rotatable bonds is 6. The second-order valence-corrected chi connectivity index (χ2v) is 4.42. The summed E-state index contributed by atoms with van der Waals surface area (Å²) >= 11 is 1.54. The molecule has 1 N–H and O–H groups in total. The van der Waals surface area contributed by atoms with E-state index in [4.69, 9.17) is 11.2 Å². The minimum Gasteiger partial charge on any atom is -0.384 e. The number of terminal acetylenes is 1. The maximum atomic E-state index is 11.6. The molecule has 0 bridgehead atoms. The van der Waals surface area contributed by atoms with E-state index in [-0.39, 0.29) is 5.91 Å². The number of methoxy groups -OCH3 is 1. The number of carbonyl (C=O) groups is 1. The Hall–Kier alpha value is -1.44. The summed E-state index contributed by atoms with van der Waals surface area (Å²) in [5.41, 5.74) is 1.49. The summed E-state index contributed by atoms with van der Waals surface area (Å²) in [4.78, 5) is 11.6. The fraction of sp³-hybridized carbons (Fsp3) is 0.308. The number of benzene rings is 1. The quantitative estimate of drug-likeness (QED) is 0.619. The Morgan fingerprint density at radius 1 is 1.59 bits per heavy atom. The number of anilines is 1. The second kappa shape index (κ2) is 7.77. The maximum absolute atomic E-state index is 11.6. The van der Waals surface area contributed by atoms with Gasteiger partial charge in [0, 0.05) is 24.1 Å². The van der Waals surface area contributed by atoms with Crippen LogP contribution in [0, 0.1) is 12.3 Å². The molecular formula is C13H15NO2S. The Bertz CT molecular complexity index is 412. The first-order chi connectivity index (χ1) is 8.26. The lowest BCUT2D eigenvalue weighted by Crippen LogP contribution is -2.14. The van der Waals surface area contributed by atoms with Crippen LogP contribution in [0.2, 0.25) is 0 Å². The molecule has 0 aliphatic heterocycles. The predicted molar refractivity (Wildman–Crippen MR) is 72.2 cm³/mol. The van der Waals surface area contributed by atoms with Crippen LogP contribution in [0.15, 0.2) is 24.3 Å². The Morgan fingerprint density at radius 3 is 3.12 bits per heavy atom. The molecule has 1 aromatic carbocycles. The van der Waals surface area contributed by atoms with Gasteiger partial charge in [0.2, 0.25) is 5.91 Å². The average molecular weight is 249 g/mol. The second-order valence-electron chi connectivity index (χ2n) is 3.32. The minimum atomic E-state index is -0.0275. The molecular weight excluding hydrogens is 234 g/mol. The predicted octanol–water partition coefficient (Wildman–Crippen LogP) is 1.99. The first-order valence-corrected chi connectivity index (χ1v) is 6.35. The van der Waals surface area contributed by atoms with Crippen LogP contribution in [0.3, 0.4) is 0 Å². The number of nitrogens with one attached hydrogen (secondary N) is 1. The molecule has 1 rings (SSSR count). The van der Waals surface area contributed by atoms with Gasteiger partial charge in [-0.2, -0.15) is 0 Å². The highest BCUT2D eigenvalue weighted by Gasteiger charge is 2.02. The summed E-state index contributed by atoms with van der Waals surface area (Å²) in [6, 6.07) is 7.24. The lowest BCUT2D eigenvalue weighted by Gasteiger charge is -2.05. The summed E-state index contributed by atoms with van der Waals surface area (Å²) in [6.07, 6.45) is 5.28. The van der Waals surface area contributed by atoms with Crippen molar-refractivity contribution in [2.24, 2.45) is 0 Å². The molecule has 1 aromatic rings. The zero-order chi connectivity index (χ0) is 12.5. The molecule has 4 heteroatoms. The number of carbonyl (C=O) groups excluding carboxylic acids is 1. The van der Waals surface area contributed by atoms with Gasteiger partial charge in [-0.3, -0.25) is 4.79 Å². The molecule has 17 heavy (non-hydrogen) atoms. The Labute approximate surface area is 106 Å². The molecule has 0 radical (unpaired) electrons. The van der Waals surface area contributed by atoms with E-state index < -0.39 is 0 Å². The van der Waals surface area contributed by atoms with Gasteiger partial charge in [0.1, 0.15) is 0 Å². The van der Waals surface area contributed by atoms with Crippen molar-refractivity contribution < 1.29 is 9.53 Å². The van der Waals surface area contributed by atoms with Crippen LogP contribution in [-0.2, 0) is 9.53 Å². The Morgan fingerprint density at radius 2 is 2.41 bits per heavy atom. The van der Waals surface area contributed by atoms with Crippen LogP contribution >= 0.6 is 11.8 Å². The Balaban J connectivity index is 2.37. The third-order valence-corrected chi connectivity index (χ3v) is 2.90. The van der Waals surface area contributed by atoms with E-state index in [1.54, 1.807) is 13.2 Å². The molecule has 0 fully saturated rings. The number of ether oxygens (including phenoxy) is 1. The molecule has 3 nitrogen and oxygen atoms in total. The van der Waals surface area contributed by atoms with Crippen molar-refractivity contribution in [3.8, 4) is 12.3 Å². The van der Waals surface area contributed by atoms with E-state index in [0.717, 1.165) is 17.0 Å². The average Bonchev–Trinajstić information content (AvgIpc) is 2.35. The number of hydrogen-bond donors (Lipinski definition) is 1. The monoisotopic (exact) mass is 249 g/mol. The molecule has 0 saturated carbocycles. The summed E-state index contributed by atoms with van der Waals surface area (Å²) in [7, 11) is 1.64. The summed E-state index contributed by atoms with van der Waals surface area (Å²) in [5.74, 6) is 3.73. The highest BCUT2D eigenvalue weighted by Crippen LogP contribution is 2.10. The van der Waals surface area contributed by atoms with Crippen molar-refractivity contribution in [2.45, 2.75) is 0 Å². The van der Waals surface area contributed by atoms with Crippen molar-refractivity contribution >= 4 is 23.4 Å². The number of amides is 1. The third-order valence-electron chi connectivity index (χ3n) is 1.98.